The highest BCUT2D eigenvalue weighted by molar-refractivity contribution is 7.89. The number of aliphatic hydroxyl groups is 1. The fourth-order valence-electron chi connectivity index (χ4n) is 1.62. The minimum Gasteiger partial charge on any atom is -0.393 e. The molecule has 1 aromatic rings. The molecule has 0 bridgehead atoms. The van der Waals surface area contributed by atoms with Crippen molar-refractivity contribution in [3.8, 4) is 0 Å². The van der Waals surface area contributed by atoms with Crippen LogP contribution in [0.1, 0.15) is 25.3 Å². The summed E-state index contributed by atoms with van der Waals surface area (Å²) in [5.41, 5.74) is 0.910. The molecule has 1 amide bonds. The van der Waals surface area contributed by atoms with E-state index in [2.05, 4.69) is 5.32 Å². The van der Waals surface area contributed by atoms with Gasteiger partial charge < -0.3 is 10.4 Å². The predicted octanol–water partition coefficient (Wildman–Crippen LogP) is 0.154. The monoisotopic (exact) mass is 300 g/mol. The summed E-state index contributed by atoms with van der Waals surface area (Å²) in [7, 11) is -3.66. The van der Waals surface area contributed by atoms with Crippen molar-refractivity contribution in [2.45, 2.75) is 37.2 Å². The van der Waals surface area contributed by atoms with Gasteiger partial charge in [-0.25, -0.2) is 13.6 Å². The quantitative estimate of drug-likeness (QED) is 0.666. The molecule has 1 rings (SSSR count). The van der Waals surface area contributed by atoms with Crippen molar-refractivity contribution in [1.29, 1.82) is 0 Å². The highest BCUT2D eigenvalue weighted by atomic mass is 32.2. The van der Waals surface area contributed by atoms with E-state index in [1.165, 1.54) is 12.1 Å². The van der Waals surface area contributed by atoms with Gasteiger partial charge in [-0.15, -0.1) is 0 Å². The zero-order valence-corrected chi connectivity index (χ0v) is 12.2. The van der Waals surface area contributed by atoms with E-state index in [0.717, 1.165) is 5.56 Å². The van der Waals surface area contributed by atoms with Gasteiger partial charge in [0.1, 0.15) is 0 Å². The maximum Gasteiger partial charge on any atom is 0.238 e. The van der Waals surface area contributed by atoms with Crippen LogP contribution in [0.3, 0.4) is 0 Å². The maximum absolute atomic E-state index is 11.4. The van der Waals surface area contributed by atoms with E-state index in [1.54, 1.807) is 19.1 Å². The van der Waals surface area contributed by atoms with Crippen LogP contribution in [0.5, 0.6) is 0 Å². The van der Waals surface area contributed by atoms with Gasteiger partial charge in [-0.2, -0.15) is 0 Å². The number of rotatable bonds is 7. The summed E-state index contributed by atoms with van der Waals surface area (Å²) < 4.78 is 22.1. The van der Waals surface area contributed by atoms with Crippen molar-refractivity contribution in [2.75, 3.05) is 6.54 Å². The molecule has 6 nitrogen and oxygen atoms in total. The Balaban J connectivity index is 2.38. The Bertz CT molecular complexity index is 538. The third-order valence-electron chi connectivity index (χ3n) is 2.78. The lowest BCUT2D eigenvalue weighted by molar-refractivity contribution is -0.121. The number of sulfonamides is 1. The summed E-state index contributed by atoms with van der Waals surface area (Å²) >= 11 is 0. The molecule has 0 fully saturated rings. The van der Waals surface area contributed by atoms with Gasteiger partial charge in [0, 0.05) is 13.0 Å². The van der Waals surface area contributed by atoms with Crippen LogP contribution >= 0.6 is 0 Å². The minimum absolute atomic E-state index is 0.0715. The second-order valence-corrected chi connectivity index (χ2v) is 6.24. The van der Waals surface area contributed by atoms with Crippen LogP contribution in [-0.2, 0) is 21.2 Å². The second-order valence-electron chi connectivity index (χ2n) is 4.68. The van der Waals surface area contributed by atoms with Gasteiger partial charge in [0.15, 0.2) is 0 Å². The molecule has 0 spiro atoms. The van der Waals surface area contributed by atoms with Crippen molar-refractivity contribution in [1.82, 2.24) is 5.32 Å². The molecule has 0 aliphatic rings. The Morgan fingerprint density at radius 3 is 2.45 bits per heavy atom. The highest BCUT2D eigenvalue weighted by Crippen LogP contribution is 2.08. The van der Waals surface area contributed by atoms with Crippen LogP contribution in [0.2, 0.25) is 0 Å². The van der Waals surface area contributed by atoms with E-state index in [0.29, 0.717) is 25.8 Å². The maximum atomic E-state index is 11.4. The number of hydrogen-bond donors (Lipinski definition) is 3. The lowest BCUT2D eigenvalue weighted by Crippen LogP contribution is -2.26. The van der Waals surface area contributed by atoms with Gasteiger partial charge >= 0.3 is 0 Å². The molecule has 4 N–H and O–H groups in total. The van der Waals surface area contributed by atoms with E-state index in [-0.39, 0.29) is 10.8 Å². The molecule has 112 valence electrons. The summed E-state index contributed by atoms with van der Waals surface area (Å²) in [5, 5.41) is 16.8. The lowest BCUT2D eigenvalue weighted by Gasteiger charge is -2.07. The second kappa shape index (κ2) is 7.37. The molecule has 1 atom stereocenters. The fraction of sp³-hybridized carbons (Fsp3) is 0.462. The van der Waals surface area contributed by atoms with Crippen LogP contribution in [0, 0.1) is 0 Å². The summed E-state index contributed by atoms with van der Waals surface area (Å²) in [6.45, 7) is 2.10. The standard InChI is InChI=1S/C13H20N2O4S/c1-10(16)2-7-13(17)15-9-8-11-3-5-12(6-4-11)20(14,18)19/h3-6,10,16H,2,7-9H2,1H3,(H,15,17)(H2,14,18,19). The first-order valence-corrected chi connectivity index (χ1v) is 7.90. The van der Waals surface area contributed by atoms with Gasteiger partial charge in [0.25, 0.3) is 0 Å². The molecule has 20 heavy (non-hydrogen) atoms. The molecular formula is C13H20N2O4S. The first kappa shape index (κ1) is 16.6. The zero-order chi connectivity index (χ0) is 15.2. The SMILES string of the molecule is CC(O)CCC(=O)NCCc1ccc(S(N)(=O)=O)cc1. The molecule has 7 heteroatoms. The van der Waals surface area contributed by atoms with Gasteiger partial charge in [-0.1, -0.05) is 12.1 Å². The Morgan fingerprint density at radius 2 is 1.95 bits per heavy atom. The third kappa shape index (κ3) is 6.14. The molecule has 1 unspecified atom stereocenters. The van der Waals surface area contributed by atoms with Crippen molar-refractivity contribution in [3.05, 3.63) is 29.8 Å². The Morgan fingerprint density at radius 1 is 1.35 bits per heavy atom. The van der Waals surface area contributed by atoms with Crippen molar-refractivity contribution >= 4 is 15.9 Å². The van der Waals surface area contributed by atoms with Crippen LogP contribution < -0.4 is 10.5 Å². The Kier molecular flexibility index (Phi) is 6.12. The number of carbonyl (C=O) groups is 1. The molecule has 0 heterocycles. The molecule has 0 saturated heterocycles. The van der Waals surface area contributed by atoms with E-state index < -0.39 is 16.1 Å². The predicted molar refractivity (Wildman–Crippen MR) is 75.4 cm³/mol. The lowest BCUT2D eigenvalue weighted by atomic mass is 10.1. The average molecular weight is 300 g/mol. The highest BCUT2D eigenvalue weighted by Gasteiger charge is 2.07. The summed E-state index contributed by atoms with van der Waals surface area (Å²) in [4.78, 5) is 11.5. The van der Waals surface area contributed by atoms with Crippen LogP contribution in [-0.4, -0.2) is 32.1 Å². The molecule has 1 aromatic carbocycles. The topological polar surface area (TPSA) is 109 Å². The largest absolute Gasteiger partial charge is 0.393 e. The van der Waals surface area contributed by atoms with E-state index in [1.807, 2.05) is 0 Å². The van der Waals surface area contributed by atoms with Crippen molar-refractivity contribution in [3.63, 3.8) is 0 Å². The summed E-state index contributed by atoms with van der Waals surface area (Å²) in [6.07, 6.45) is 0.855. The van der Waals surface area contributed by atoms with Gasteiger partial charge in [-0.05, 0) is 37.5 Å². The molecule has 0 aliphatic carbocycles. The third-order valence-corrected chi connectivity index (χ3v) is 3.71. The fourth-order valence-corrected chi connectivity index (χ4v) is 2.14. The van der Waals surface area contributed by atoms with E-state index >= 15 is 0 Å². The Hall–Kier alpha value is -1.44. The van der Waals surface area contributed by atoms with Crippen LogP contribution in [0.4, 0.5) is 0 Å². The molecule has 0 radical (unpaired) electrons. The van der Waals surface area contributed by atoms with Gasteiger partial charge in [0.2, 0.25) is 15.9 Å². The van der Waals surface area contributed by atoms with Crippen molar-refractivity contribution < 1.29 is 18.3 Å². The molecule has 0 aliphatic heterocycles. The average Bonchev–Trinajstić information content (AvgIpc) is 2.36. The van der Waals surface area contributed by atoms with Crippen LogP contribution in [0.15, 0.2) is 29.2 Å². The number of nitrogens with one attached hydrogen (secondary N) is 1. The summed E-state index contributed by atoms with van der Waals surface area (Å²) in [6, 6.07) is 6.23. The number of aliphatic hydroxyl groups excluding tert-OH is 1. The van der Waals surface area contributed by atoms with E-state index in [9.17, 15) is 13.2 Å². The number of carbonyl (C=O) groups excluding carboxylic acids is 1. The first-order valence-electron chi connectivity index (χ1n) is 6.35. The van der Waals surface area contributed by atoms with Crippen LogP contribution in [0.25, 0.3) is 0 Å². The van der Waals surface area contributed by atoms with Gasteiger partial charge in [0.05, 0.1) is 11.0 Å². The molecule has 0 aromatic heterocycles. The first-order chi connectivity index (χ1) is 9.29. The Labute approximate surface area is 119 Å². The number of primary sulfonamides is 1. The number of hydrogen-bond acceptors (Lipinski definition) is 4. The van der Waals surface area contributed by atoms with Gasteiger partial charge in [-0.3, -0.25) is 4.79 Å². The zero-order valence-electron chi connectivity index (χ0n) is 11.4. The molecular weight excluding hydrogens is 280 g/mol. The molecule has 0 saturated carbocycles. The minimum atomic E-state index is -3.66. The summed E-state index contributed by atoms with van der Waals surface area (Å²) in [5.74, 6) is -0.105. The van der Waals surface area contributed by atoms with E-state index in [4.69, 9.17) is 10.2 Å². The number of benzene rings is 1. The number of amides is 1. The van der Waals surface area contributed by atoms with Crippen molar-refractivity contribution in [2.24, 2.45) is 5.14 Å². The number of nitrogens with two attached hydrogens (primary N) is 1. The smallest absolute Gasteiger partial charge is 0.238 e. The normalized spacial score (nSPS) is 12.9.